The molecule has 3 heterocycles. The van der Waals surface area contributed by atoms with E-state index in [0.29, 0.717) is 38.1 Å². The second-order valence-electron chi connectivity index (χ2n) is 7.85. The van der Waals surface area contributed by atoms with Gasteiger partial charge in [-0.05, 0) is 35.9 Å². The molecule has 3 aromatic carbocycles. The first kappa shape index (κ1) is 21.6. The van der Waals surface area contributed by atoms with E-state index in [-0.39, 0.29) is 23.9 Å². The number of hydrogen-bond donors (Lipinski definition) is 0. The summed E-state index contributed by atoms with van der Waals surface area (Å²) in [7, 11) is 0. The smallest absolute Gasteiger partial charge is 0.268 e. The van der Waals surface area contributed by atoms with Gasteiger partial charge in [-0.25, -0.2) is 4.98 Å². The fourth-order valence-corrected chi connectivity index (χ4v) is 5.88. The number of nitrogens with zero attached hydrogens (tertiary/aromatic N) is 2. The number of hydrogen-bond acceptors (Lipinski definition) is 7. The van der Waals surface area contributed by atoms with Gasteiger partial charge in [-0.3, -0.25) is 14.2 Å². The maximum absolute atomic E-state index is 13.8. The number of rotatable bonds is 6. The Hall–Kier alpha value is -3.88. The van der Waals surface area contributed by atoms with Crippen molar-refractivity contribution in [1.82, 2.24) is 9.55 Å². The molecule has 0 saturated heterocycles. The molecule has 8 heteroatoms. The highest BCUT2D eigenvalue weighted by Crippen LogP contribution is 2.34. The van der Waals surface area contributed by atoms with Crippen molar-refractivity contribution < 1.29 is 14.3 Å². The lowest BCUT2D eigenvalue weighted by atomic mass is 10.1. The van der Waals surface area contributed by atoms with Gasteiger partial charge in [0.1, 0.15) is 4.83 Å². The van der Waals surface area contributed by atoms with Crippen LogP contribution in [-0.4, -0.2) is 27.9 Å². The van der Waals surface area contributed by atoms with Gasteiger partial charge in [-0.2, -0.15) is 0 Å². The summed E-state index contributed by atoms with van der Waals surface area (Å²) < 4.78 is 12.3. The van der Waals surface area contributed by atoms with Crippen molar-refractivity contribution in [2.24, 2.45) is 0 Å². The lowest BCUT2D eigenvalue weighted by molar-refractivity contribution is 0.102. The van der Waals surface area contributed by atoms with Crippen LogP contribution < -0.4 is 15.0 Å². The number of para-hydroxylation sites is 1. The average Bonchev–Trinajstić information content (AvgIpc) is 3.55. The predicted octanol–water partition coefficient (Wildman–Crippen LogP) is 5.82. The van der Waals surface area contributed by atoms with E-state index in [2.05, 4.69) is 0 Å². The third-order valence-corrected chi connectivity index (χ3v) is 7.51. The third kappa shape index (κ3) is 4.00. The number of ketones is 1. The van der Waals surface area contributed by atoms with Gasteiger partial charge in [0, 0.05) is 16.5 Å². The Kier molecular flexibility index (Phi) is 5.60. The molecule has 35 heavy (non-hydrogen) atoms. The summed E-state index contributed by atoms with van der Waals surface area (Å²) in [5.41, 5.74) is 2.91. The molecule has 0 saturated carbocycles. The molecule has 0 aliphatic carbocycles. The molecule has 0 atom stereocenters. The average molecular weight is 499 g/mol. The number of ether oxygens (including phenoxy) is 2. The monoisotopic (exact) mass is 498 g/mol. The molecule has 1 aliphatic rings. The molecular formula is C27H18N2O4S2. The lowest BCUT2D eigenvalue weighted by Crippen LogP contribution is -2.22. The Morgan fingerprint density at radius 3 is 2.51 bits per heavy atom. The van der Waals surface area contributed by atoms with Gasteiger partial charge < -0.3 is 9.47 Å². The summed E-state index contributed by atoms with van der Waals surface area (Å²) in [5.74, 6) is 1.24. The molecule has 6 nitrogen and oxygen atoms in total. The minimum atomic E-state index is -0.153. The predicted molar refractivity (Wildman–Crippen MR) is 138 cm³/mol. The number of thiophene rings is 1. The van der Waals surface area contributed by atoms with E-state index in [4.69, 9.17) is 14.5 Å². The molecule has 0 spiro atoms. The van der Waals surface area contributed by atoms with Crippen molar-refractivity contribution >= 4 is 39.1 Å². The minimum Gasteiger partial charge on any atom is -0.454 e. The quantitative estimate of drug-likeness (QED) is 0.167. The fourth-order valence-electron chi connectivity index (χ4n) is 3.99. The van der Waals surface area contributed by atoms with Gasteiger partial charge in [-0.1, -0.05) is 60.3 Å². The van der Waals surface area contributed by atoms with E-state index >= 15 is 0 Å². The summed E-state index contributed by atoms with van der Waals surface area (Å²) in [5, 5.41) is 3.02. The van der Waals surface area contributed by atoms with Crippen molar-refractivity contribution in [3.63, 3.8) is 0 Å². The zero-order chi connectivity index (χ0) is 23.8. The van der Waals surface area contributed by atoms with Crippen LogP contribution in [0.4, 0.5) is 0 Å². The Morgan fingerprint density at radius 1 is 0.971 bits per heavy atom. The normalized spacial score (nSPS) is 12.2. The van der Waals surface area contributed by atoms with E-state index in [1.165, 1.54) is 23.1 Å². The Labute approximate surface area is 208 Å². The number of Topliss-reactive ketones (excluding diaryl/α,β-unsaturated/α-hetero) is 1. The summed E-state index contributed by atoms with van der Waals surface area (Å²) in [6.07, 6.45) is 0. The second-order valence-corrected chi connectivity index (χ2v) is 9.65. The topological polar surface area (TPSA) is 70.4 Å². The van der Waals surface area contributed by atoms with E-state index in [0.717, 1.165) is 11.1 Å². The Balaban J connectivity index is 1.41. The molecule has 0 unspecified atom stereocenters. The standard InChI is InChI=1S/C27H18N2O4S2/c30-21(18-11-12-22-23(13-18)33-16-32-22)15-35-27-28-25-24(20(14-34-25)17-7-3-1-4-8-17)26(31)29(27)19-9-5-2-6-10-19/h1-14H,15-16H2. The van der Waals surface area contributed by atoms with E-state index < -0.39 is 0 Å². The molecule has 0 amide bonds. The van der Waals surface area contributed by atoms with Crippen LogP contribution in [0.25, 0.3) is 27.0 Å². The van der Waals surface area contributed by atoms with Crippen molar-refractivity contribution in [2.75, 3.05) is 12.5 Å². The molecule has 172 valence electrons. The molecule has 5 aromatic rings. The first-order chi connectivity index (χ1) is 17.2. The molecule has 0 N–H and O–H groups in total. The SMILES string of the molecule is O=C(CSc1nc2scc(-c3ccccc3)c2c(=O)n1-c1ccccc1)c1ccc2c(c1)OCO2. The summed E-state index contributed by atoms with van der Waals surface area (Å²) in [6.45, 7) is 0.154. The van der Waals surface area contributed by atoms with Crippen LogP contribution >= 0.6 is 23.1 Å². The van der Waals surface area contributed by atoms with Gasteiger partial charge in [0.05, 0.1) is 16.8 Å². The number of thioether (sulfide) groups is 1. The van der Waals surface area contributed by atoms with Crippen LogP contribution in [0.15, 0.2) is 94.2 Å². The first-order valence-electron chi connectivity index (χ1n) is 10.9. The first-order valence-corrected chi connectivity index (χ1v) is 12.8. The van der Waals surface area contributed by atoms with Gasteiger partial charge in [0.25, 0.3) is 5.56 Å². The number of carbonyl (C=O) groups is 1. The van der Waals surface area contributed by atoms with E-state index in [1.807, 2.05) is 66.0 Å². The fraction of sp³-hybridized carbons (Fsp3) is 0.0741. The van der Waals surface area contributed by atoms with Crippen molar-refractivity contribution in [3.8, 4) is 28.3 Å². The molecule has 0 bridgehead atoms. The molecular weight excluding hydrogens is 480 g/mol. The number of benzene rings is 3. The zero-order valence-electron chi connectivity index (χ0n) is 18.3. The highest BCUT2D eigenvalue weighted by atomic mass is 32.2. The second kappa shape index (κ2) is 9.05. The minimum absolute atomic E-state index is 0.0848. The molecule has 6 rings (SSSR count). The van der Waals surface area contributed by atoms with E-state index in [9.17, 15) is 9.59 Å². The van der Waals surface area contributed by atoms with Crippen LogP contribution in [0.5, 0.6) is 11.5 Å². The van der Waals surface area contributed by atoms with Gasteiger partial charge in [0.2, 0.25) is 6.79 Å². The van der Waals surface area contributed by atoms with Crippen LogP contribution in [-0.2, 0) is 0 Å². The summed E-state index contributed by atoms with van der Waals surface area (Å²) >= 11 is 2.68. The maximum Gasteiger partial charge on any atom is 0.268 e. The maximum atomic E-state index is 13.8. The van der Waals surface area contributed by atoms with Gasteiger partial charge >= 0.3 is 0 Å². The number of carbonyl (C=O) groups excluding carboxylic acids is 1. The Bertz CT molecular complexity index is 1610. The van der Waals surface area contributed by atoms with Gasteiger partial charge in [-0.15, -0.1) is 11.3 Å². The van der Waals surface area contributed by atoms with Crippen molar-refractivity contribution in [3.05, 3.63) is 100 Å². The lowest BCUT2D eigenvalue weighted by Gasteiger charge is -2.12. The summed E-state index contributed by atoms with van der Waals surface area (Å²) in [6, 6.07) is 24.4. The van der Waals surface area contributed by atoms with Gasteiger partial charge in [0.15, 0.2) is 22.4 Å². The summed E-state index contributed by atoms with van der Waals surface area (Å²) in [4.78, 5) is 32.3. The molecule has 0 radical (unpaired) electrons. The molecule has 0 fully saturated rings. The largest absolute Gasteiger partial charge is 0.454 e. The zero-order valence-corrected chi connectivity index (χ0v) is 20.0. The highest BCUT2D eigenvalue weighted by Gasteiger charge is 2.21. The number of aromatic nitrogens is 2. The number of fused-ring (bicyclic) bond motifs is 2. The molecule has 2 aromatic heterocycles. The highest BCUT2D eigenvalue weighted by molar-refractivity contribution is 7.99. The third-order valence-electron chi connectivity index (χ3n) is 5.70. The van der Waals surface area contributed by atoms with Crippen LogP contribution in [0.2, 0.25) is 0 Å². The van der Waals surface area contributed by atoms with Crippen molar-refractivity contribution in [2.45, 2.75) is 5.16 Å². The van der Waals surface area contributed by atoms with Crippen LogP contribution in [0, 0.1) is 0 Å². The van der Waals surface area contributed by atoms with Crippen LogP contribution in [0.3, 0.4) is 0 Å². The van der Waals surface area contributed by atoms with E-state index in [1.54, 1.807) is 22.8 Å². The Morgan fingerprint density at radius 2 is 1.71 bits per heavy atom. The van der Waals surface area contributed by atoms with Crippen molar-refractivity contribution in [1.29, 1.82) is 0 Å². The van der Waals surface area contributed by atoms with Crippen LogP contribution in [0.1, 0.15) is 10.4 Å². The molecule has 1 aliphatic heterocycles.